The molecule has 1 aromatic carbocycles. The second-order valence-electron chi connectivity index (χ2n) is 6.99. The Balaban J connectivity index is 1.51. The minimum absolute atomic E-state index is 0.0303. The third-order valence-corrected chi connectivity index (χ3v) is 5.36. The standard InChI is InChI=1S/C21H24N4O3/c1-24-10-5-7-18(24)16-12-17(23-22-16)21(26)25-11-9-14(13-25)15-6-4-8-19(27-2)20(15)28-3/h4-8,10,12,14H,9,11,13H2,1-3H3,(H,22,23)/t14-/m1/s1. The van der Waals surface area contributed by atoms with Crippen LogP contribution in [-0.2, 0) is 7.05 Å². The summed E-state index contributed by atoms with van der Waals surface area (Å²) in [5.41, 5.74) is 3.32. The molecule has 2 aromatic heterocycles. The van der Waals surface area contributed by atoms with Crippen molar-refractivity contribution in [2.45, 2.75) is 12.3 Å². The molecule has 146 valence electrons. The number of hydrogen-bond donors (Lipinski definition) is 1. The lowest BCUT2D eigenvalue weighted by Gasteiger charge is -2.18. The van der Waals surface area contributed by atoms with E-state index < -0.39 is 0 Å². The number of para-hydroxylation sites is 1. The fraction of sp³-hybridized carbons (Fsp3) is 0.333. The quantitative estimate of drug-likeness (QED) is 0.738. The number of hydrogen-bond acceptors (Lipinski definition) is 4. The van der Waals surface area contributed by atoms with Gasteiger partial charge < -0.3 is 18.9 Å². The Morgan fingerprint density at radius 1 is 1.21 bits per heavy atom. The van der Waals surface area contributed by atoms with E-state index in [1.165, 1.54) is 0 Å². The summed E-state index contributed by atoms with van der Waals surface area (Å²) in [5.74, 6) is 1.64. The maximum Gasteiger partial charge on any atom is 0.271 e. The molecule has 1 N–H and O–H groups in total. The van der Waals surface area contributed by atoms with Gasteiger partial charge in [0.05, 0.1) is 19.9 Å². The van der Waals surface area contributed by atoms with Crippen molar-refractivity contribution in [3.63, 3.8) is 0 Å². The Bertz CT molecular complexity index is 991. The zero-order chi connectivity index (χ0) is 19.7. The number of benzene rings is 1. The highest BCUT2D eigenvalue weighted by Crippen LogP contribution is 2.39. The molecule has 1 saturated heterocycles. The predicted molar refractivity (Wildman–Crippen MR) is 106 cm³/mol. The molecule has 0 saturated carbocycles. The van der Waals surface area contributed by atoms with Crippen molar-refractivity contribution in [1.29, 1.82) is 0 Å². The SMILES string of the molecule is COc1cccc([C@@H]2CCN(C(=O)c3cc(-c4cccn4C)n[nH]3)C2)c1OC. The minimum Gasteiger partial charge on any atom is -0.493 e. The predicted octanol–water partition coefficient (Wildman–Crippen LogP) is 3.06. The van der Waals surface area contributed by atoms with E-state index in [0.29, 0.717) is 24.5 Å². The number of amides is 1. The topological polar surface area (TPSA) is 72.4 Å². The number of rotatable bonds is 5. The van der Waals surface area contributed by atoms with Gasteiger partial charge in [-0.25, -0.2) is 0 Å². The molecular formula is C21H24N4O3. The Morgan fingerprint density at radius 3 is 2.79 bits per heavy atom. The molecule has 7 heteroatoms. The highest BCUT2D eigenvalue weighted by Gasteiger charge is 2.31. The van der Waals surface area contributed by atoms with Crippen LogP contribution in [0.15, 0.2) is 42.6 Å². The van der Waals surface area contributed by atoms with E-state index in [1.54, 1.807) is 14.2 Å². The van der Waals surface area contributed by atoms with Crippen LogP contribution in [-0.4, -0.2) is 52.9 Å². The molecule has 1 aliphatic rings. The summed E-state index contributed by atoms with van der Waals surface area (Å²) in [4.78, 5) is 14.8. The van der Waals surface area contributed by atoms with Crippen molar-refractivity contribution in [1.82, 2.24) is 19.7 Å². The Morgan fingerprint density at radius 2 is 2.07 bits per heavy atom. The molecule has 1 aliphatic heterocycles. The largest absolute Gasteiger partial charge is 0.493 e. The molecule has 1 atom stereocenters. The summed E-state index contributed by atoms with van der Waals surface area (Å²) in [5, 5.41) is 7.20. The molecule has 0 aliphatic carbocycles. The van der Waals surface area contributed by atoms with Crippen LogP contribution < -0.4 is 9.47 Å². The van der Waals surface area contributed by atoms with Crippen LogP contribution in [0.2, 0.25) is 0 Å². The summed E-state index contributed by atoms with van der Waals surface area (Å²) >= 11 is 0. The maximum atomic E-state index is 13.0. The van der Waals surface area contributed by atoms with Gasteiger partial charge in [-0.3, -0.25) is 9.89 Å². The van der Waals surface area contributed by atoms with Crippen molar-refractivity contribution in [3.05, 3.63) is 53.9 Å². The van der Waals surface area contributed by atoms with E-state index in [1.807, 2.05) is 59.1 Å². The zero-order valence-corrected chi connectivity index (χ0v) is 16.3. The number of ether oxygens (including phenoxy) is 2. The molecule has 3 heterocycles. The first-order chi connectivity index (χ1) is 13.6. The summed E-state index contributed by atoms with van der Waals surface area (Å²) in [7, 11) is 5.24. The highest BCUT2D eigenvalue weighted by atomic mass is 16.5. The van der Waals surface area contributed by atoms with Gasteiger partial charge in [-0.1, -0.05) is 12.1 Å². The van der Waals surface area contributed by atoms with Gasteiger partial charge in [0, 0.05) is 37.8 Å². The molecule has 7 nitrogen and oxygen atoms in total. The first-order valence-corrected chi connectivity index (χ1v) is 9.29. The monoisotopic (exact) mass is 380 g/mol. The number of nitrogens with one attached hydrogen (secondary N) is 1. The van der Waals surface area contributed by atoms with Crippen LogP contribution in [0.1, 0.15) is 28.4 Å². The Kier molecular flexibility index (Phi) is 4.81. The van der Waals surface area contributed by atoms with Crippen molar-refractivity contribution < 1.29 is 14.3 Å². The highest BCUT2D eigenvalue weighted by molar-refractivity contribution is 5.93. The lowest BCUT2D eigenvalue weighted by atomic mass is 9.97. The third-order valence-electron chi connectivity index (χ3n) is 5.36. The van der Waals surface area contributed by atoms with Crippen LogP contribution in [0.25, 0.3) is 11.4 Å². The molecule has 3 aromatic rings. The molecule has 0 bridgehead atoms. The average Bonchev–Trinajstić information content (AvgIpc) is 3.46. The number of methoxy groups -OCH3 is 2. The van der Waals surface area contributed by atoms with E-state index in [-0.39, 0.29) is 11.8 Å². The third kappa shape index (κ3) is 3.13. The molecule has 4 rings (SSSR count). The lowest BCUT2D eigenvalue weighted by molar-refractivity contribution is 0.0785. The van der Waals surface area contributed by atoms with Crippen molar-refractivity contribution in [2.24, 2.45) is 7.05 Å². The number of likely N-dealkylation sites (tertiary alicyclic amines) is 1. The van der Waals surface area contributed by atoms with Crippen LogP contribution in [0, 0.1) is 0 Å². The van der Waals surface area contributed by atoms with Crippen LogP contribution in [0.3, 0.4) is 0 Å². The smallest absolute Gasteiger partial charge is 0.271 e. The van der Waals surface area contributed by atoms with Crippen molar-refractivity contribution >= 4 is 5.91 Å². The summed E-state index contributed by atoms with van der Waals surface area (Å²) in [6.07, 6.45) is 2.84. The fourth-order valence-corrected chi connectivity index (χ4v) is 3.89. The van der Waals surface area contributed by atoms with E-state index in [9.17, 15) is 4.79 Å². The number of aryl methyl sites for hydroxylation is 1. The van der Waals surface area contributed by atoms with Crippen LogP contribution in [0.5, 0.6) is 11.5 Å². The number of carbonyl (C=O) groups is 1. The second-order valence-corrected chi connectivity index (χ2v) is 6.99. The zero-order valence-electron chi connectivity index (χ0n) is 16.3. The molecule has 1 fully saturated rings. The average molecular weight is 380 g/mol. The summed E-state index contributed by atoms with van der Waals surface area (Å²) in [6, 6.07) is 11.6. The first kappa shape index (κ1) is 18.2. The van der Waals surface area contributed by atoms with Gasteiger partial charge in [0.2, 0.25) is 0 Å². The Labute approximate surface area is 163 Å². The van der Waals surface area contributed by atoms with E-state index in [0.717, 1.165) is 29.1 Å². The van der Waals surface area contributed by atoms with Gasteiger partial charge in [0.1, 0.15) is 11.4 Å². The normalized spacial score (nSPS) is 16.4. The number of aromatic amines is 1. The summed E-state index contributed by atoms with van der Waals surface area (Å²) in [6.45, 7) is 1.34. The van der Waals surface area contributed by atoms with Gasteiger partial charge in [-0.05, 0) is 30.7 Å². The van der Waals surface area contributed by atoms with Crippen molar-refractivity contribution in [3.8, 4) is 22.9 Å². The number of H-pyrrole nitrogens is 1. The molecule has 1 amide bonds. The molecule has 0 spiro atoms. The lowest BCUT2D eigenvalue weighted by Crippen LogP contribution is -2.28. The number of aromatic nitrogens is 3. The first-order valence-electron chi connectivity index (χ1n) is 9.29. The minimum atomic E-state index is -0.0303. The van der Waals surface area contributed by atoms with E-state index in [2.05, 4.69) is 10.2 Å². The van der Waals surface area contributed by atoms with Crippen LogP contribution in [0.4, 0.5) is 0 Å². The van der Waals surface area contributed by atoms with Gasteiger partial charge in [-0.2, -0.15) is 5.10 Å². The number of carbonyl (C=O) groups excluding carboxylic acids is 1. The maximum absolute atomic E-state index is 13.0. The van der Waals surface area contributed by atoms with Gasteiger partial charge in [-0.15, -0.1) is 0 Å². The molecule has 28 heavy (non-hydrogen) atoms. The summed E-state index contributed by atoms with van der Waals surface area (Å²) < 4.78 is 13.0. The fourth-order valence-electron chi connectivity index (χ4n) is 3.89. The van der Waals surface area contributed by atoms with Gasteiger partial charge >= 0.3 is 0 Å². The van der Waals surface area contributed by atoms with E-state index in [4.69, 9.17) is 9.47 Å². The van der Waals surface area contributed by atoms with Crippen LogP contribution >= 0.6 is 0 Å². The van der Waals surface area contributed by atoms with Gasteiger partial charge in [0.25, 0.3) is 5.91 Å². The molecular weight excluding hydrogens is 356 g/mol. The number of nitrogens with zero attached hydrogens (tertiary/aromatic N) is 3. The Hall–Kier alpha value is -3.22. The van der Waals surface area contributed by atoms with Gasteiger partial charge in [0.15, 0.2) is 11.5 Å². The second kappa shape index (κ2) is 7.42. The molecule has 0 unspecified atom stereocenters. The van der Waals surface area contributed by atoms with Crippen molar-refractivity contribution in [2.75, 3.05) is 27.3 Å². The molecule has 0 radical (unpaired) electrons. The van der Waals surface area contributed by atoms with E-state index >= 15 is 0 Å².